The maximum Gasteiger partial charge on any atom is 0.119 e. The molecule has 2 nitrogen and oxygen atoms in total. The first-order chi connectivity index (χ1) is 6.31. The average molecular weight is 177 g/mol. The van der Waals surface area contributed by atoms with Crippen LogP contribution in [0.15, 0.2) is 18.2 Å². The molecular weight excluding hydrogens is 162 g/mol. The van der Waals surface area contributed by atoms with E-state index < -0.39 is 0 Å². The number of phenols is 1. The molecule has 13 heavy (non-hydrogen) atoms. The van der Waals surface area contributed by atoms with Crippen LogP contribution >= 0.6 is 0 Å². The fourth-order valence-electron chi connectivity index (χ4n) is 1.66. The van der Waals surface area contributed by atoms with E-state index in [-0.39, 0.29) is 0 Å². The molecule has 0 bridgehead atoms. The number of phenolic OH excluding ortho intramolecular Hbond substituents is 1. The lowest BCUT2D eigenvalue weighted by atomic mass is 9.91. The van der Waals surface area contributed by atoms with Gasteiger partial charge in [-0.15, -0.1) is 0 Å². The number of hydrogen-bond donors (Lipinski definition) is 2. The van der Waals surface area contributed by atoms with Crippen molar-refractivity contribution >= 4 is 0 Å². The molecule has 2 rings (SSSR count). The van der Waals surface area contributed by atoms with Crippen molar-refractivity contribution in [2.24, 2.45) is 0 Å². The van der Waals surface area contributed by atoms with Crippen LogP contribution in [-0.2, 0) is 6.42 Å². The smallest absolute Gasteiger partial charge is 0.119 e. The number of rotatable bonds is 2. The van der Waals surface area contributed by atoms with Gasteiger partial charge in [0, 0.05) is 19.0 Å². The van der Waals surface area contributed by atoms with Gasteiger partial charge < -0.3 is 10.4 Å². The van der Waals surface area contributed by atoms with E-state index in [1.54, 1.807) is 0 Å². The van der Waals surface area contributed by atoms with Gasteiger partial charge in [0.15, 0.2) is 0 Å². The van der Waals surface area contributed by atoms with Crippen molar-refractivity contribution in [1.29, 1.82) is 0 Å². The molecule has 2 heteroatoms. The van der Waals surface area contributed by atoms with Crippen LogP contribution in [0.3, 0.4) is 0 Å². The minimum Gasteiger partial charge on any atom is -0.508 e. The topological polar surface area (TPSA) is 32.3 Å². The Balaban J connectivity index is 2.30. The van der Waals surface area contributed by atoms with Crippen molar-refractivity contribution in [3.05, 3.63) is 29.3 Å². The highest BCUT2D eigenvalue weighted by atomic mass is 16.3. The normalized spacial score (nSPS) is 17.0. The van der Waals surface area contributed by atoms with E-state index in [1.807, 2.05) is 12.1 Å². The standard InChI is InChI=1S/C11H15NO/c1-2-8-3-4-11(13)10(5-8)9-6-12-7-9/h3-5,9,12-13H,2,6-7H2,1H3. The summed E-state index contributed by atoms with van der Waals surface area (Å²) in [7, 11) is 0. The van der Waals surface area contributed by atoms with Gasteiger partial charge in [-0.3, -0.25) is 0 Å². The van der Waals surface area contributed by atoms with Crippen LogP contribution in [0.1, 0.15) is 24.0 Å². The fraction of sp³-hybridized carbons (Fsp3) is 0.455. The van der Waals surface area contributed by atoms with Crippen molar-refractivity contribution in [1.82, 2.24) is 5.32 Å². The Labute approximate surface area is 78.6 Å². The zero-order valence-corrected chi connectivity index (χ0v) is 7.88. The van der Waals surface area contributed by atoms with Gasteiger partial charge in [0.25, 0.3) is 0 Å². The Morgan fingerprint density at radius 1 is 1.46 bits per heavy atom. The third-order valence-corrected chi connectivity index (χ3v) is 2.72. The third kappa shape index (κ3) is 1.54. The Kier molecular flexibility index (Phi) is 2.23. The van der Waals surface area contributed by atoms with Gasteiger partial charge in [-0.1, -0.05) is 19.1 Å². The molecule has 1 aromatic rings. The van der Waals surface area contributed by atoms with Crippen LogP contribution in [0, 0.1) is 0 Å². The van der Waals surface area contributed by atoms with E-state index in [4.69, 9.17) is 0 Å². The molecule has 0 atom stereocenters. The second-order valence-corrected chi connectivity index (χ2v) is 3.60. The summed E-state index contributed by atoms with van der Waals surface area (Å²) in [4.78, 5) is 0. The van der Waals surface area contributed by atoms with E-state index in [2.05, 4.69) is 18.3 Å². The minimum absolute atomic E-state index is 0.448. The highest BCUT2D eigenvalue weighted by Crippen LogP contribution is 2.29. The van der Waals surface area contributed by atoms with Crippen LogP contribution in [0.25, 0.3) is 0 Å². The molecule has 0 saturated carbocycles. The Morgan fingerprint density at radius 2 is 2.23 bits per heavy atom. The van der Waals surface area contributed by atoms with Crippen molar-refractivity contribution in [3.63, 3.8) is 0 Å². The lowest BCUT2D eigenvalue weighted by Gasteiger charge is -2.28. The molecule has 1 aromatic carbocycles. The lowest BCUT2D eigenvalue weighted by Crippen LogP contribution is -2.39. The molecule has 1 aliphatic heterocycles. The number of aryl methyl sites for hydroxylation is 1. The molecular formula is C11H15NO. The van der Waals surface area contributed by atoms with Gasteiger partial charge in [-0.05, 0) is 23.6 Å². The molecule has 0 spiro atoms. The van der Waals surface area contributed by atoms with Crippen molar-refractivity contribution < 1.29 is 5.11 Å². The molecule has 0 aliphatic carbocycles. The van der Waals surface area contributed by atoms with E-state index in [1.165, 1.54) is 5.56 Å². The van der Waals surface area contributed by atoms with Gasteiger partial charge in [-0.2, -0.15) is 0 Å². The van der Waals surface area contributed by atoms with Crippen LogP contribution in [0.5, 0.6) is 5.75 Å². The van der Waals surface area contributed by atoms with Gasteiger partial charge in [0.2, 0.25) is 0 Å². The summed E-state index contributed by atoms with van der Waals surface area (Å²) in [5, 5.41) is 12.9. The van der Waals surface area contributed by atoms with E-state index in [9.17, 15) is 5.11 Å². The van der Waals surface area contributed by atoms with Crippen molar-refractivity contribution in [3.8, 4) is 5.75 Å². The van der Waals surface area contributed by atoms with Crippen LogP contribution in [-0.4, -0.2) is 18.2 Å². The average Bonchev–Trinajstić information content (AvgIpc) is 2.06. The molecule has 0 unspecified atom stereocenters. The maximum atomic E-state index is 9.64. The zero-order chi connectivity index (χ0) is 9.26. The quantitative estimate of drug-likeness (QED) is 0.719. The molecule has 1 aliphatic rings. The van der Waals surface area contributed by atoms with E-state index in [0.717, 1.165) is 25.1 Å². The third-order valence-electron chi connectivity index (χ3n) is 2.72. The van der Waals surface area contributed by atoms with Crippen LogP contribution < -0.4 is 5.32 Å². The SMILES string of the molecule is CCc1ccc(O)c(C2CNC2)c1. The van der Waals surface area contributed by atoms with E-state index >= 15 is 0 Å². The summed E-state index contributed by atoms with van der Waals surface area (Å²) in [6.07, 6.45) is 1.04. The molecule has 70 valence electrons. The lowest BCUT2D eigenvalue weighted by molar-refractivity contribution is 0.413. The summed E-state index contributed by atoms with van der Waals surface area (Å²) in [6.45, 7) is 4.14. The number of benzene rings is 1. The molecule has 0 aromatic heterocycles. The second-order valence-electron chi connectivity index (χ2n) is 3.60. The van der Waals surface area contributed by atoms with Crippen molar-refractivity contribution in [2.75, 3.05) is 13.1 Å². The molecule has 2 N–H and O–H groups in total. The first kappa shape index (κ1) is 8.57. The predicted molar refractivity (Wildman–Crippen MR) is 53.1 cm³/mol. The first-order valence-electron chi connectivity index (χ1n) is 4.83. The summed E-state index contributed by atoms with van der Waals surface area (Å²) < 4.78 is 0. The molecule has 1 fully saturated rings. The molecule has 0 radical (unpaired) electrons. The summed E-state index contributed by atoms with van der Waals surface area (Å²) in [5.41, 5.74) is 2.41. The highest BCUT2D eigenvalue weighted by molar-refractivity contribution is 5.40. The highest BCUT2D eigenvalue weighted by Gasteiger charge is 2.21. The van der Waals surface area contributed by atoms with Crippen LogP contribution in [0.2, 0.25) is 0 Å². The van der Waals surface area contributed by atoms with Gasteiger partial charge >= 0.3 is 0 Å². The largest absolute Gasteiger partial charge is 0.508 e. The van der Waals surface area contributed by atoms with Crippen LogP contribution in [0.4, 0.5) is 0 Å². The van der Waals surface area contributed by atoms with Gasteiger partial charge in [0.1, 0.15) is 5.75 Å². The Bertz CT molecular complexity index is 305. The summed E-state index contributed by atoms with van der Waals surface area (Å²) in [5.74, 6) is 0.968. The number of aromatic hydroxyl groups is 1. The maximum absolute atomic E-state index is 9.64. The van der Waals surface area contributed by atoms with Gasteiger partial charge in [-0.25, -0.2) is 0 Å². The predicted octanol–water partition coefficient (Wildman–Crippen LogP) is 1.64. The Hall–Kier alpha value is -1.02. The molecule has 1 heterocycles. The minimum atomic E-state index is 0.448. The summed E-state index contributed by atoms with van der Waals surface area (Å²) in [6, 6.07) is 5.93. The number of hydrogen-bond acceptors (Lipinski definition) is 2. The summed E-state index contributed by atoms with van der Waals surface area (Å²) >= 11 is 0. The second kappa shape index (κ2) is 3.38. The number of nitrogens with one attached hydrogen (secondary N) is 1. The fourth-order valence-corrected chi connectivity index (χ4v) is 1.66. The first-order valence-corrected chi connectivity index (χ1v) is 4.83. The zero-order valence-electron chi connectivity index (χ0n) is 7.88. The monoisotopic (exact) mass is 177 g/mol. The Morgan fingerprint density at radius 3 is 2.77 bits per heavy atom. The van der Waals surface area contributed by atoms with Crippen molar-refractivity contribution in [2.45, 2.75) is 19.3 Å². The van der Waals surface area contributed by atoms with Gasteiger partial charge in [0.05, 0.1) is 0 Å². The molecule has 0 amide bonds. The molecule has 1 saturated heterocycles. The van der Waals surface area contributed by atoms with E-state index in [0.29, 0.717) is 11.7 Å².